The first kappa shape index (κ1) is 14.2. The van der Waals surface area contributed by atoms with Crippen LogP contribution >= 0.6 is 0 Å². The van der Waals surface area contributed by atoms with Crippen molar-refractivity contribution in [3.8, 4) is 0 Å². The van der Waals surface area contributed by atoms with Gasteiger partial charge < -0.3 is 15.1 Å². The van der Waals surface area contributed by atoms with Crippen molar-refractivity contribution in [2.75, 3.05) is 24.5 Å². The van der Waals surface area contributed by atoms with E-state index in [1.54, 1.807) is 17.9 Å². The predicted octanol–water partition coefficient (Wildman–Crippen LogP) is 0.278. The van der Waals surface area contributed by atoms with Crippen LogP contribution in [0.4, 0.5) is 11.6 Å². The Bertz CT molecular complexity index is 569. The lowest BCUT2D eigenvalue weighted by molar-refractivity contribution is 0.178. The summed E-state index contributed by atoms with van der Waals surface area (Å²) in [5, 5.41) is 4.15. The lowest BCUT2D eigenvalue weighted by Gasteiger charge is -2.18. The Hall–Kier alpha value is -2.19. The molecule has 0 bridgehead atoms. The molecule has 0 aliphatic carbocycles. The highest BCUT2D eigenvalue weighted by atomic mass is 16.5. The van der Waals surface area contributed by atoms with Gasteiger partial charge in [0.2, 0.25) is 0 Å². The van der Waals surface area contributed by atoms with Gasteiger partial charge in [0.1, 0.15) is 18.2 Å². The summed E-state index contributed by atoms with van der Waals surface area (Å²) in [6.45, 7) is 1.03. The topological polar surface area (TPSA) is 94.1 Å². The number of hydrogen-bond donors (Lipinski definition) is 2. The largest absolute Gasteiger partial charge is 0.377 e. The van der Waals surface area contributed by atoms with Gasteiger partial charge in [-0.05, 0) is 0 Å². The number of methoxy groups -OCH3 is 1. The van der Waals surface area contributed by atoms with E-state index in [9.17, 15) is 0 Å². The number of nitrogens with two attached hydrogens (primary N) is 1. The molecule has 0 aliphatic heterocycles. The standard InChI is InChI=1S/C12H19N7O/c1-18(6-9-5-14-19(2)7-9)12-4-10(17-13)15-11(16-12)8-20-3/h4-5,7H,6,8,13H2,1-3H3,(H,15,16,17). The van der Waals surface area contributed by atoms with Crippen molar-refractivity contribution in [2.24, 2.45) is 12.9 Å². The summed E-state index contributed by atoms with van der Waals surface area (Å²) in [4.78, 5) is 10.7. The molecule has 108 valence electrons. The zero-order valence-corrected chi connectivity index (χ0v) is 11.9. The monoisotopic (exact) mass is 277 g/mol. The van der Waals surface area contributed by atoms with Crippen molar-refractivity contribution in [1.82, 2.24) is 19.7 Å². The van der Waals surface area contributed by atoms with E-state index in [1.807, 2.05) is 31.4 Å². The maximum absolute atomic E-state index is 5.43. The van der Waals surface area contributed by atoms with Crippen molar-refractivity contribution in [1.29, 1.82) is 0 Å². The first-order chi connectivity index (χ1) is 9.62. The molecule has 2 aromatic heterocycles. The number of anilines is 2. The maximum Gasteiger partial charge on any atom is 0.158 e. The summed E-state index contributed by atoms with van der Waals surface area (Å²) < 4.78 is 6.83. The minimum absolute atomic E-state index is 0.337. The first-order valence-corrected chi connectivity index (χ1v) is 6.14. The number of aryl methyl sites for hydroxylation is 1. The molecule has 0 unspecified atom stereocenters. The fourth-order valence-electron chi connectivity index (χ4n) is 1.85. The minimum atomic E-state index is 0.337. The lowest BCUT2D eigenvalue weighted by Crippen LogP contribution is -2.20. The van der Waals surface area contributed by atoms with Crippen molar-refractivity contribution in [3.63, 3.8) is 0 Å². The third kappa shape index (κ3) is 3.43. The molecule has 0 fully saturated rings. The Labute approximate surface area is 117 Å². The van der Waals surface area contributed by atoms with E-state index in [0.717, 1.165) is 11.4 Å². The van der Waals surface area contributed by atoms with E-state index in [-0.39, 0.29) is 0 Å². The Morgan fingerprint density at radius 3 is 2.85 bits per heavy atom. The second-order valence-electron chi connectivity index (χ2n) is 4.48. The summed E-state index contributed by atoms with van der Waals surface area (Å²) >= 11 is 0. The van der Waals surface area contributed by atoms with Crippen LogP contribution in [0.3, 0.4) is 0 Å². The molecule has 0 aromatic carbocycles. The second kappa shape index (κ2) is 6.31. The smallest absolute Gasteiger partial charge is 0.158 e. The first-order valence-electron chi connectivity index (χ1n) is 6.14. The summed E-state index contributed by atoms with van der Waals surface area (Å²) in [5.74, 6) is 7.33. The lowest BCUT2D eigenvalue weighted by atomic mass is 10.3. The molecule has 2 heterocycles. The van der Waals surface area contributed by atoms with Crippen LogP contribution in [0.25, 0.3) is 0 Å². The molecule has 3 N–H and O–H groups in total. The van der Waals surface area contributed by atoms with E-state index < -0.39 is 0 Å². The maximum atomic E-state index is 5.43. The quantitative estimate of drug-likeness (QED) is 0.578. The molecule has 0 atom stereocenters. The highest BCUT2D eigenvalue weighted by molar-refractivity contribution is 5.48. The number of nitrogens with one attached hydrogen (secondary N) is 1. The Kier molecular flexibility index (Phi) is 4.49. The zero-order valence-electron chi connectivity index (χ0n) is 11.9. The highest BCUT2D eigenvalue weighted by Crippen LogP contribution is 2.16. The van der Waals surface area contributed by atoms with Crippen molar-refractivity contribution < 1.29 is 4.74 Å². The van der Waals surface area contributed by atoms with Crippen LogP contribution in [0.5, 0.6) is 0 Å². The molecular weight excluding hydrogens is 258 g/mol. The zero-order chi connectivity index (χ0) is 14.5. The van der Waals surface area contributed by atoms with Crippen molar-refractivity contribution in [3.05, 3.63) is 29.8 Å². The van der Waals surface area contributed by atoms with E-state index in [4.69, 9.17) is 10.6 Å². The molecule has 8 heteroatoms. The molecule has 0 spiro atoms. The van der Waals surface area contributed by atoms with Crippen LogP contribution < -0.4 is 16.2 Å². The minimum Gasteiger partial charge on any atom is -0.377 e. The van der Waals surface area contributed by atoms with Gasteiger partial charge in [-0.15, -0.1) is 0 Å². The molecule has 0 amide bonds. The molecule has 20 heavy (non-hydrogen) atoms. The third-order valence-corrected chi connectivity index (χ3v) is 2.75. The van der Waals surface area contributed by atoms with Gasteiger partial charge >= 0.3 is 0 Å². The normalized spacial score (nSPS) is 10.6. The number of hydrazine groups is 1. The van der Waals surface area contributed by atoms with Crippen LogP contribution in [0, 0.1) is 0 Å². The summed E-state index contributed by atoms with van der Waals surface area (Å²) in [5.41, 5.74) is 3.64. The number of aromatic nitrogens is 4. The number of nitrogen functional groups attached to an aromatic ring is 1. The third-order valence-electron chi connectivity index (χ3n) is 2.75. The number of ether oxygens (including phenoxy) is 1. The Morgan fingerprint density at radius 2 is 2.25 bits per heavy atom. The predicted molar refractivity (Wildman–Crippen MR) is 75.9 cm³/mol. The molecule has 2 rings (SSSR count). The average Bonchev–Trinajstić information content (AvgIpc) is 2.84. The molecule has 0 aliphatic rings. The van der Waals surface area contributed by atoms with Gasteiger partial charge in [0.25, 0.3) is 0 Å². The van der Waals surface area contributed by atoms with Gasteiger partial charge in [-0.25, -0.2) is 15.8 Å². The average molecular weight is 277 g/mol. The van der Waals surface area contributed by atoms with E-state index >= 15 is 0 Å². The van der Waals surface area contributed by atoms with E-state index in [2.05, 4.69) is 20.5 Å². The highest BCUT2D eigenvalue weighted by Gasteiger charge is 2.09. The van der Waals surface area contributed by atoms with Gasteiger partial charge in [-0.3, -0.25) is 4.68 Å². The van der Waals surface area contributed by atoms with Crippen LogP contribution in [-0.2, 0) is 24.9 Å². The number of nitrogens with zero attached hydrogens (tertiary/aromatic N) is 5. The molecule has 0 radical (unpaired) electrons. The van der Waals surface area contributed by atoms with Gasteiger partial charge in [0, 0.05) is 45.6 Å². The summed E-state index contributed by atoms with van der Waals surface area (Å²) in [7, 11) is 5.44. The SMILES string of the molecule is COCc1nc(NN)cc(N(C)Cc2cnn(C)c2)n1. The van der Waals surface area contributed by atoms with Crippen LogP contribution in [0.15, 0.2) is 18.5 Å². The van der Waals surface area contributed by atoms with Crippen molar-refractivity contribution in [2.45, 2.75) is 13.2 Å². The molecule has 0 saturated carbocycles. The van der Waals surface area contributed by atoms with E-state index in [1.165, 1.54) is 0 Å². The van der Waals surface area contributed by atoms with Crippen LogP contribution in [-0.4, -0.2) is 33.9 Å². The number of rotatable bonds is 6. The molecular formula is C12H19N7O. The van der Waals surface area contributed by atoms with Crippen LogP contribution in [0.2, 0.25) is 0 Å². The Morgan fingerprint density at radius 1 is 1.45 bits per heavy atom. The summed E-state index contributed by atoms with van der Waals surface area (Å²) in [6.07, 6.45) is 3.80. The van der Waals surface area contributed by atoms with Crippen molar-refractivity contribution >= 4 is 11.6 Å². The van der Waals surface area contributed by atoms with E-state index in [0.29, 0.717) is 24.8 Å². The Balaban J connectivity index is 2.19. The molecule has 0 saturated heterocycles. The molecule has 2 aromatic rings. The van der Waals surface area contributed by atoms with Gasteiger partial charge in [-0.2, -0.15) is 5.10 Å². The van der Waals surface area contributed by atoms with Gasteiger partial charge in [-0.1, -0.05) is 0 Å². The van der Waals surface area contributed by atoms with Gasteiger partial charge in [0.05, 0.1) is 6.20 Å². The fourth-order valence-corrected chi connectivity index (χ4v) is 1.85. The van der Waals surface area contributed by atoms with Gasteiger partial charge in [0.15, 0.2) is 5.82 Å². The molecule has 8 nitrogen and oxygen atoms in total. The fraction of sp³-hybridized carbons (Fsp3) is 0.417. The number of hydrogen-bond acceptors (Lipinski definition) is 7. The second-order valence-corrected chi connectivity index (χ2v) is 4.48. The summed E-state index contributed by atoms with van der Waals surface area (Å²) in [6, 6.07) is 1.79. The van der Waals surface area contributed by atoms with Crippen LogP contribution in [0.1, 0.15) is 11.4 Å².